The number of para-hydroxylation sites is 1. The lowest BCUT2D eigenvalue weighted by molar-refractivity contribution is -0.164. The van der Waals surface area contributed by atoms with Gasteiger partial charge in [0.15, 0.2) is 0 Å². The van der Waals surface area contributed by atoms with Gasteiger partial charge in [0, 0.05) is 20.0 Å². The number of amides is 3. The molecule has 0 radical (unpaired) electrons. The van der Waals surface area contributed by atoms with Crippen LogP contribution >= 0.6 is 11.6 Å². The molecule has 2 saturated heterocycles. The number of anilines is 1. The van der Waals surface area contributed by atoms with E-state index in [9.17, 15) is 14.7 Å². The van der Waals surface area contributed by atoms with Gasteiger partial charge in [0.05, 0.1) is 41.4 Å². The van der Waals surface area contributed by atoms with Crippen LogP contribution in [0.4, 0.5) is 5.69 Å². The molecule has 11 heteroatoms. The van der Waals surface area contributed by atoms with Gasteiger partial charge in [-0.05, 0) is 49.4 Å². The summed E-state index contributed by atoms with van der Waals surface area (Å²) < 4.78 is 13.0. The number of carbonyl (C=O) groups is 4. The van der Waals surface area contributed by atoms with Gasteiger partial charge < -0.3 is 29.3 Å². The molecule has 3 aromatic carbocycles. The minimum absolute atomic E-state index is 0.0836. The van der Waals surface area contributed by atoms with Crippen LogP contribution in [-0.2, 0) is 35.1 Å². The van der Waals surface area contributed by atoms with E-state index in [4.69, 9.17) is 21.1 Å². The zero-order chi connectivity index (χ0) is 37.4. The molecule has 53 heavy (non-hydrogen) atoms. The molecule has 3 amide bonds. The number of likely N-dealkylation sites (N-methyl/N-ethyl adjacent to an activating group) is 1. The van der Waals surface area contributed by atoms with Crippen LogP contribution in [0.15, 0.2) is 103 Å². The number of halogens is 1. The zero-order valence-electron chi connectivity index (χ0n) is 30.0. The van der Waals surface area contributed by atoms with Crippen molar-refractivity contribution < 1.29 is 33.8 Å². The number of cyclic esters (lactones) is 1. The lowest BCUT2D eigenvalue weighted by Gasteiger charge is -2.39. The van der Waals surface area contributed by atoms with Crippen LogP contribution in [0, 0.1) is 18.8 Å². The van der Waals surface area contributed by atoms with E-state index in [1.807, 2.05) is 92.7 Å². The van der Waals surface area contributed by atoms with Crippen LogP contribution in [0.2, 0.25) is 5.02 Å². The normalized spacial score (nSPS) is 30.1. The van der Waals surface area contributed by atoms with Gasteiger partial charge in [-0.15, -0.1) is 0 Å². The predicted octanol–water partition coefficient (Wildman–Crippen LogP) is 5.22. The summed E-state index contributed by atoms with van der Waals surface area (Å²) in [6, 6.07) is 21.4. The van der Waals surface area contributed by atoms with Gasteiger partial charge in [-0.2, -0.15) is 0 Å². The van der Waals surface area contributed by atoms with Gasteiger partial charge in [-0.25, -0.2) is 0 Å². The first-order chi connectivity index (χ1) is 25.6. The lowest BCUT2D eigenvalue weighted by Crippen LogP contribution is -2.59. The predicted molar refractivity (Wildman–Crippen MR) is 200 cm³/mol. The second kappa shape index (κ2) is 14.9. The summed E-state index contributed by atoms with van der Waals surface area (Å²) in [5, 5.41) is 11.3. The number of likely N-dealkylation sites (tertiary alicyclic amines) is 1. The highest BCUT2D eigenvalue weighted by Gasteiger charge is 2.74. The first-order valence-corrected chi connectivity index (χ1v) is 18.5. The Morgan fingerprint density at radius 1 is 0.943 bits per heavy atom. The second-order valence-electron chi connectivity index (χ2n) is 14.4. The van der Waals surface area contributed by atoms with Gasteiger partial charge in [-0.1, -0.05) is 109 Å². The van der Waals surface area contributed by atoms with Gasteiger partial charge in [-0.3, -0.25) is 19.2 Å². The second-order valence-corrected chi connectivity index (χ2v) is 14.8. The summed E-state index contributed by atoms with van der Waals surface area (Å²) in [5.74, 6) is -3.95. The van der Waals surface area contributed by atoms with Gasteiger partial charge in [0.2, 0.25) is 11.8 Å². The Morgan fingerprint density at radius 2 is 1.66 bits per heavy atom. The molecule has 1 N–H and O–H groups in total. The Balaban J connectivity index is 1.38. The molecule has 4 heterocycles. The summed E-state index contributed by atoms with van der Waals surface area (Å²) >= 11 is 6.81. The van der Waals surface area contributed by atoms with Crippen molar-refractivity contribution in [2.45, 2.75) is 69.0 Å². The number of carbonyl (C=O) groups excluding carboxylic acids is 4. The average molecular weight is 738 g/mol. The Hall–Kier alpha value is -4.77. The Labute approximate surface area is 314 Å². The maximum Gasteiger partial charge on any atom is 0.313 e. The molecule has 7 rings (SSSR count). The number of aryl methyl sites for hydroxylation is 1. The number of aliphatic hydroxyl groups is 1. The molecule has 0 aromatic heterocycles. The molecule has 0 aliphatic carbocycles. The van der Waals surface area contributed by atoms with Crippen LogP contribution in [0.25, 0.3) is 0 Å². The summed E-state index contributed by atoms with van der Waals surface area (Å²) in [4.78, 5) is 63.0. The van der Waals surface area contributed by atoms with Gasteiger partial charge in [0.1, 0.15) is 23.7 Å². The number of esters is 1. The van der Waals surface area contributed by atoms with Crippen LogP contribution in [-0.4, -0.2) is 88.6 Å². The Bertz CT molecular complexity index is 1920. The molecule has 8 atom stereocenters. The smallest absolute Gasteiger partial charge is 0.313 e. The highest BCUT2D eigenvalue weighted by atomic mass is 35.5. The third-order valence-corrected chi connectivity index (χ3v) is 11.6. The summed E-state index contributed by atoms with van der Waals surface area (Å²) in [6.07, 6.45) is 6.33. The number of rotatable bonds is 6. The van der Waals surface area contributed by atoms with Crippen molar-refractivity contribution in [2.75, 3.05) is 25.1 Å². The Kier molecular flexibility index (Phi) is 10.3. The first-order valence-electron chi connectivity index (χ1n) is 18.1. The van der Waals surface area contributed by atoms with Crippen LogP contribution < -0.4 is 4.90 Å². The molecule has 4 aliphatic rings. The minimum Gasteiger partial charge on any atom is -0.455 e. The van der Waals surface area contributed by atoms with E-state index in [-0.39, 0.29) is 25.3 Å². The van der Waals surface area contributed by atoms with Crippen molar-refractivity contribution in [1.82, 2.24) is 9.80 Å². The monoisotopic (exact) mass is 737 g/mol. The number of nitrogens with zero attached hydrogens (tertiary/aromatic N) is 3. The fourth-order valence-corrected chi connectivity index (χ4v) is 8.82. The average Bonchev–Trinajstić information content (AvgIpc) is 3.81. The molecule has 0 saturated carbocycles. The topological polar surface area (TPSA) is 117 Å². The van der Waals surface area contributed by atoms with E-state index in [2.05, 4.69) is 0 Å². The first kappa shape index (κ1) is 36.6. The van der Waals surface area contributed by atoms with Crippen molar-refractivity contribution in [3.8, 4) is 0 Å². The largest absolute Gasteiger partial charge is 0.455 e. The molecular formula is C42H44ClN3O7. The molecule has 4 aliphatic heterocycles. The van der Waals surface area contributed by atoms with Crippen molar-refractivity contribution in [1.29, 1.82) is 0 Å². The van der Waals surface area contributed by atoms with Crippen LogP contribution in [0.5, 0.6) is 0 Å². The highest BCUT2D eigenvalue weighted by Crippen LogP contribution is 2.56. The summed E-state index contributed by atoms with van der Waals surface area (Å²) in [7, 11) is 1.69. The molecular weight excluding hydrogens is 694 g/mol. The number of fused-ring (bicyclic) bond motifs is 2. The third-order valence-electron chi connectivity index (χ3n) is 11.3. The van der Waals surface area contributed by atoms with Crippen molar-refractivity contribution in [3.63, 3.8) is 0 Å². The van der Waals surface area contributed by atoms with E-state index in [1.54, 1.807) is 41.1 Å². The molecule has 2 fully saturated rings. The SMILES string of the molecule is Cc1cccc(Cl)c1N1C/C=C\CCC(=O)N(C)[C@H](C)[C@@H](c2ccccc2)OC(=O)[C@@H]2[C@@H]3C=C[C@]4(O3)[C@H](C1=O)N([C@@H](CO)Cc1ccccc1)C(=O)[C@@H]24. The quantitative estimate of drug-likeness (QED) is 0.273. The van der Waals surface area contributed by atoms with Crippen molar-refractivity contribution >= 4 is 41.0 Å². The number of hydrogen-bond acceptors (Lipinski definition) is 7. The summed E-state index contributed by atoms with van der Waals surface area (Å²) in [5.41, 5.74) is 1.25. The number of allylic oxidation sites excluding steroid dienone is 1. The standard InChI is InChI=1S/C42H44ClN3O7/c1-26-14-13-19-31(43)36(26)45-23-12-6-11-20-33(48)44(3)27(2)37(29-17-9-5-10-18-29)52-41(51)34-32-21-22-42(53-32)35(34)39(49)46(38(42)40(45)50)30(25-47)24-28-15-7-4-8-16-28/h4-10,12-19,21-22,27,30,32,34-35,37-38,47H,11,20,23-25H2,1-3H3/b12-6-/t27-,30-,32+,34-,35-,37+,38+,42-/m1/s1. The van der Waals surface area contributed by atoms with E-state index < -0.39 is 72.2 Å². The van der Waals surface area contributed by atoms with E-state index in [0.717, 1.165) is 11.1 Å². The van der Waals surface area contributed by atoms with Crippen molar-refractivity contribution in [3.05, 3.63) is 125 Å². The van der Waals surface area contributed by atoms with Crippen molar-refractivity contribution in [2.24, 2.45) is 11.8 Å². The number of ether oxygens (including phenoxy) is 2. The number of hydrogen-bond donors (Lipinski definition) is 1. The lowest BCUT2D eigenvalue weighted by atomic mass is 9.74. The minimum atomic E-state index is -1.53. The fourth-order valence-electron chi connectivity index (χ4n) is 8.49. The zero-order valence-corrected chi connectivity index (χ0v) is 30.8. The maximum absolute atomic E-state index is 15.4. The van der Waals surface area contributed by atoms with E-state index in [1.165, 1.54) is 4.90 Å². The van der Waals surface area contributed by atoms with Gasteiger partial charge >= 0.3 is 5.97 Å². The maximum atomic E-state index is 15.4. The van der Waals surface area contributed by atoms with Crippen LogP contribution in [0.3, 0.4) is 0 Å². The van der Waals surface area contributed by atoms with Crippen LogP contribution in [0.1, 0.15) is 42.6 Å². The highest BCUT2D eigenvalue weighted by molar-refractivity contribution is 6.34. The third kappa shape index (κ3) is 6.47. The number of aliphatic hydroxyl groups excluding tert-OH is 1. The van der Waals surface area contributed by atoms with E-state index in [0.29, 0.717) is 22.7 Å². The molecule has 3 aromatic rings. The number of benzene rings is 3. The Morgan fingerprint density at radius 3 is 2.36 bits per heavy atom. The molecule has 5 bridgehead atoms. The molecule has 10 nitrogen and oxygen atoms in total. The van der Waals surface area contributed by atoms with E-state index >= 15 is 9.59 Å². The molecule has 1 spiro atoms. The molecule has 276 valence electrons. The molecule has 0 unspecified atom stereocenters. The summed E-state index contributed by atoms with van der Waals surface area (Å²) in [6.45, 7) is 3.34. The van der Waals surface area contributed by atoms with Gasteiger partial charge in [0.25, 0.3) is 5.91 Å². The fraction of sp³-hybridized carbons (Fsp3) is 0.381.